The van der Waals surface area contributed by atoms with Crippen LogP contribution in [0.15, 0.2) is 18.2 Å². The van der Waals surface area contributed by atoms with Gasteiger partial charge in [0.15, 0.2) is 0 Å². The van der Waals surface area contributed by atoms with Crippen LogP contribution in [-0.2, 0) is 19.6 Å². The predicted molar refractivity (Wildman–Crippen MR) is 81.8 cm³/mol. The zero-order valence-electron chi connectivity index (χ0n) is 12.2. The quantitative estimate of drug-likeness (QED) is 0.828. The largest absolute Gasteiger partial charge is 0.469 e. The van der Waals surface area contributed by atoms with Crippen molar-refractivity contribution in [2.75, 3.05) is 17.6 Å². The lowest BCUT2D eigenvalue weighted by Gasteiger charge is -2.07. The van der Waals surface area contributed by atoms with Gasteiger partial charge in [-0.3, -0.25) is 9.52 Å². The van der Waals surface area contributed by atoms with Crippen molar-refractivity contribution in [3.8, 4) is 0 Å². The summed E-state index contributed by atoms with van der Waals surface area (Å²) < 4.78 is 30.8. The van der Waals surface area contributed by atoms with E-state index in [1.165, 1.54) is 7.11 Å². The number of H-pyrrole nitrogens is 1. The zero-order chi connectivity index (χ0) is 15.6. The first-order chi connectivity index (χ1) is 9.82. The number of carbonyl (C=O) groups excluding carboxylic acids is 1. The van der Waals surface area contributed by atoms with Crippen molar-refractivity contribution < 1.29 is 17.9 Å². The highest BCUT2D eigenvalue weighted by Gasteiger charge is 2.14. The summed E-state index contributed by atoms with van der Waals surface area (Å²) in [5.74, 6) is -0.851. The minimum absolute atomic E-state index is 0.170. The number of methoxy groups -OCH3 is 1. The van der Waals surface area contributed by atoms with Gasteiger partial charge in [-0.25, -0.2) is 8.42 Å². The number of hydrogen-bond acceptors (Lipinski definition) is 4. The van der Waals surface area contributed by atoms with Crippen LogP contribution in [0, 0.1) is 13.8 Å². The topological polar surface area (TPSA) is 88.3 Å². The van der Waals surface area contributed by atoms with E-state index in [9.17, 15) is 13.2 Å². The number of aryl methyl sites for hydroxylation is 2. The Morgan fingerprint density at radius 3 is 2.71 bits per heavy atom. The molecule has 0 bridgehead atoms. The Morgan fingerprint density at radius 1 is 1.33 bits per heavy atom. The molecular formula is C14H18N2O4S. The molecule has 21 heavy (non-hydrogen) atoms. The average molecular weight is 310 g/mol. The summed E-state index contributed by atoms with van der Waals surface area (Å²) in [5, 5.41) is 0.973. The summed E-state index contributed by atoms with van der Waals surface area (Å²) >= 11 is 0. The third kappa shape index (κ3) is 3.55. The molecule has 0 fully saturated rings. The van der Waals surface area contributed by atoms with Gasteiger partial charge in [-0.05, 0) is 37.6 Å². The number of carbonyl (C=O) groups is 1. The van der Waals surface area contributed by atoms with E-state index in [-0.39, 0.29) is 12.2 Å². The van der Waals surface area contributed by atoms with Crippen molar-refractivity contribution in [3.63, 3.8) is 0 Å². The molecule has 0 radical (unpaired) electrons. The first-order valence-electron chi connectivity index (χ1n) is 6.48. The molecule has 0 atom stereocenters. The highest BCUT2D eigenvalue weighted by atomic mass is 32.2. The normalized spacial score (nSPS) is 11.6. The fourth-order valence-electron chi connectivity index (χ4n) is 2.08. The summed E-state index contributed by atoms with van der Waals surface area (Å²) in [4.78, 5) is 14.2. The first-order valence-corrected chi connectivity index (χ1v) is 8.14. The van der Waals surface area contributed by atoms with Gasteiger partial charge < -0.3 is 9.72 Å². The van der Waals surface area contributed by atoms with Gasteiger partial charge in [0.2, 0.25) is 10.0 Å². The molecule has 0 saturated heterocycles. The molecule has 1 aromatic carbocycles. The Bertz CT molecular complexity index is 778. The van der Waals surface area contributed by atoms with E-state index in [0.29, 0.717) is 5.69 Å². The van der Waals surface area contributed by atoms with Gasteiger partial charge in [0, 0.05) is 22.3 Å². The predicted octanol–water partition coefficient (Wildman–Crippen LogP) is 2.09. The summed E-state index contributed by atoms with van der Waals surface area (Å²) in [5.41, 5.74) is 3.58. The first kappa shape index (κ1) is 15.4. The lowest BCUT2D eigenvalue weighted by Crippen LogP contribution is -2.19. The van der Waals surface area contributed by atoms with E-state index in [1.807, 2.05) is 19.9 Å². The maximum absolute atomic E-state index is 11.9. The number of anilines is 1. The molecule has 2 aromatic rings. The average Bonchev–Trinajstić information content (AvgIpc) is 2.71. The van der Waals surface area contributed by atoms with Gasteiger partial charge in [-0.15, -0.1) is 0 Å². The van der Waals surface area contributed by atoms with Crippen LogP contribution in [0.2, 0.25) is 0 Å². The maximum Gasteiger partial charge on any atom is 0.306 e. The Labute approximate surface area is 123 Å². The molecule has 7 heteroatoms. The Hall–Kier alpha value is -2.02. The number of rotatable bonds is 5. The van der Waals surface area contributed by atoms with Crippen molar-refractivity contribution >= 4 is 32.6 Å². The lowest BCUT2D eigenvalue weighted by molar-refractivity contribution is -0.140. The SMILES string of the molecule is COC(=O)CCS(=O)(=O)Nc1ccc2[nH]c(C)c(C)c2c1. The summed E-state index contributed by atoms with van der Waals surface area (Å²) in [7, 11) is -2.35. The van der Waals surface area contributed by atoms with Crippen LogP contribution in [0.5, 0.6) is 0 Å². The molecule has 1 heterocycles. The molecule has 0 unspecified atom stereocenters. The molecule has 0 aliphatic heterocycles. The fourth-order valence-corrected chi connectivity index (χ4v) is 3.10. The van der Waals surface area contributed by atoms with Gasteiger partial charge in [-0.1, -0.05) is 0 Å². The van der Waals surface area contributed by atoms with E-state index in [1.54, 1.807) is 12.1 Å². The van der Waals surface area contributed by atoms with E-state index in [4.69, 9.17) is 0 Å². The minimum Gasteiger partial charge on any atom is -0.469 e. The number of nitrogens with one attached hydrogen (secondary N) is 2. The highest BCUT2D eigenvalue weighted by Crippen LogP contribution is 2.25. The van der Waals surface area contributed by atoms with E-state index >= 15 is 0 Å². The minimum atomic E-state index is -3.58. The second-order valence-corrected chi connectivity index (χ2v) is 6.72. The third-order valence-electron chi connectivity index (χ3n) is 3.38. The summed E-state index contributed by atoms with van der Waals surface area (Å²) in [6.07, 6.45) is -0.170. The van der Waals surface area contributed by atoms with Crippen molar-refractivity contribution in [2.24, 2.45) is 0 Å². The highest BCUT2D eigenvalue weighted by molar-refractivity contribution is 7.92. The monoisotopic (exact) mass is 310 g/mol. The zero-order valence-corrected chi connectivity index (χ0v) is 13.0. The van der Waals surface area contributed by atoms with Gasteiger partial charge >= 0.3 is 5.97 Å². The molecular weight excluding hydrogens is 292 g/mol. The lowest BCUT2D eigenvalue weighted by atomic mass is 10.1. The molecule has 0 amide bonds. The van der Waals surface area contributed by atoms with Crippen molar-refractivity contribution in [2.45, 2.75) is 20.3 Å². The Balaban J connectivity index is 2.19. The molecule has 0 aliphatic carbocycles. The number of aromatic amines is 1. The number of hydrogen-bond donors (Lipinski definition) is 2. The second-order valence-electron chi connectivity index (χ2n) is 4.88. The number of aromatic nitrogens is 1. The smallest absolute Gasteiger partial charge is 0.306 e. The van der Waals surface area contributed by atoms with E-state index < -0.39 is 16.0 Å². The maximum atomic E-state index is 11.9. The van der Waals surface area contributed by atoms with Crippen LogP contribution < -0.4 is 4.72 Å². The summed E-state index contributed by atoms with van der Waals surface area (Å²) in [6.45, 7) is 3.94. The second kappa shape index (κ2) is 5.77. The standard InChI is InChI=1S/C14H18N2O4S/c1-9-10(2)15-13-5-4-11(8-12(9)13)16-21(18,19)7-6-14(17)20-3/h4-5,8,15-16H,6-7H2,1-3H3. The van der Waals surface area contributed by atoms with Crippen LogP contribution in [-0.4, -0.2) is 32.2 Å². The fraction of sp³-hybridized carbons (Fsp3) is 0.357. The van der Waals surface area contributed by atoms with E-state index in [2.05, 4.69) is 14.4 Å². The molecule has 2 rings (SSSR count). The number of ether oxygens (including phenoxy) is 1. The number of benzene rings is 1. The van der Waals surface area contributed by atoms with Gasteiger partial charge in [-0.2, -0.15) is 0 Å². The van der Waals surface area contributed by atoms with Gasteiger partial charge in [0.05, 0.1) is 19.3 Å². The molecule has 2 N–H and O–H groups in total. The molecule has 0 spiro atoms. The number of sulfonamides is 1. The van der Waals surface area contributed by atoms with Crippen molar-refractivity contribution in [1.29, 1.82) is 0 Å². The molecule has 0 aliphatic rings. The van der Waals surface area contributed by atoms with Crippen LogP contribution >= 0.6 is 0 Å². The van der Waals surface area contributed by atoms with Crippen LogP contribution in [0.3, 0.4) is 0 Å². The molecule has 114 valence electrons. The molecule has 1 aromatic heterocycles. The van der Waals surface area contributed by atoms with Gasteiger partial charge in [0.25, 0.3) is 0 Å². The Morgan fingerprint density at radius 2 is 2.05 bits per heavy atom. The van der Waals surface area contributed by atoms with Crippen LogP contribution in [0.1, 0.15) is 17.7 Å². The van der Waals surface area contributed by atoms with E-state index in [0.717, 1.165) is 22.2 Å². The molecule has 6 nitrogen and oxygen atoms in total. The van der Waals surface area contributed by atoms with Crippen molar-refractivity contribution in [3.05, 3.63) is 29.5 Å². The number of esters is 1. The van der Waals surface area contributed by atoms with Crippen LogP contribution in [0.25, 0.3) is 10.9 Å². The summed E-state index contributed by atoms with van der Waals surface area (Å²) in [6, 6.07) is 5.30. The third-order valence-corrected chi connectivity index (χ3v) is 4.67. The Kier molecular flexibility index (Phi) is 4.22. The van der Waals surface area contributed by atoms with Crippen LogP contribution in [0.4, 0.5) is 5.69 Å². The molecule has 0 saturated carbocycles. The van der Waals surface area contributed by atoms with Gasteiger partial charge in [0.1, 0.15) is 0 Å². The number of fused-ring (bicyclic) bond motifs is 1. The van der Waals surface area contributed by atoms with Crippen molar-refractivity contribution in [1.82, 2.24) is 4.98 Å².